The number of fused-ring (bicyclic) bond motifs is 1. The van der Waals surface area contributed by atoms with Crippen LogP contribution in [0.4, 0.5) is 0 Å². The summed E-state index contributed by atoms with van der Waals surface area (Å²) >= 11 is 0. The van der Waals surface area contributed by atoms with Gasteiger partial charge in [-0.2, -0.15) is 5.10 Å². The first-order valence-electron chi connectivity index (χ1n) is 6.11. The second-order valence-electron chi connectivity index (χ2n) is 4.25. The minimum Gasteiger partial charge on any atom is -0.395 e. The van der Waals surface area contributed by atoms with Crippen molar-refractivity contribution in [2.45, 2.75) is 0 Å². The molecule has 2 rings (SSSR count). The van der Waals surface area contributed by atoms with Crippen LogP contribution < -0.4 is 0 Å². The van der Waals surface area contributed by atoms with Crippen molar-refractivity contribution in [2.24, 2.45) is 7.05 Å². The summed E-state index contributed by atoms with van der Waals surface area (Å²) in [5.41, 5.74) is 1.32. The number of carbonyl (C=O) groups is 1. The summed E-state index contributed by atoms with van der Waals surface area (Å²) in [5.74, 6) is -0.189. The number of para-hydroxylation sites is 1. The third-order valence-electron chi connectivity index (χ3n) is 2.97. The maximum absolute atomic E-state index is 12.4. The highest BCUT2D eigenvalue weighted by molar-refractivity contribution is 6.04. The number of aliphatic hydroxyl groups is 1. The zero-order valence-corrected chi connectivity index (χ0v) is 10.9. The fraction of sp³-hybridized carbons (Fsp3) is 0.286. The van der Waals surface area contributed by atoms with Crippen molar-refractivity contribution in [2.75, 3.05) is 19.7 Å². The Hall–Kier alpha value is -2.14. The van der Waals surface area contributed by atoms with Crippen molar-refractivity contribution in [3.8, 4) is 0 Å². The number of carbonyl (C=O) groups excluding carboxylic acids is 1. The molecular formula is C14H17N3O2. The second-order valence-corrected chi connectivity index (χ2v) is 4.25. The van der Waals surface area contributed by atoms with E-state index in [1.165, 1.54) is 4.90 Å². The molecule has 0 spiro atoms. The van der Waals surface area contributed by atoms with Gasteiger partial charge in [0.1, 0.15) is 0 Å². The van der Waals surface area contributed by atoms with E-state index in [2.05, 4.69) is 11.7 Å². The van der Waals surface area contributed by atoms with Crippen LogP contribution in [0.15, 0.2) is 36.9 Å². The normalized spacial score (nSPS) is 10.6. The molecule has 0 aliphatic rings. The Morgan fingerprint density at radius 1 is 1.53 bits per heavy atom. The molecule has 2 aromatic rings. The van der Waals surface area contributed by atoms with E-state index in [0.29, 0.717) is 12.2 Å². The van der Waals surface area contributed by atoms with Crippen molar-refractivity contribution in [3.63, 3.8) is 0 Å². The first-order chi connectivity index (χ1) is 9.19. The maximum Gasteiger partial charge on any atom is 0.275 e. The summed E-state index contributed by atoms with van der Waals surface area (Å²) in [5, 5.41) is 14.1. The predicted octanol–water partition coefficient (Wildman–Crippen LogP) is 1.19. The fourth-order valence-corrected chi connectivity index (χ4v) is 2.07. The summed E-state index contributed by atoms with van der Waals surface area (Å²) in [7, 11) is 1.81. The summed E-state index contributed by atoms with van der Waals surface area (Å²) in [6, 6.07) is 7.59. The van der Waals surface area contributed by atoms with Crippen LogP contribution in [0.25, 0.3) is 10.9 Å². The van der Waals surface area contributed by atoms with E-state index in [0.717, 1.165) is 10.9 Å². The summed E-state index contributed by atoms with van der Waals surface area (Å²) in [6.07, 6.45) is 1.64. The molecule has 1 N–H and O–H groups in total. The Balaban J connectivity index is 2.42. The van der Waals surface area contributed by atoms with Gasteiger partial charge in [-0.25, -0.2) is 0 Å². The standard InChI is InChI=1S/C14H17N3O2/c1-3-8-17(9-10-18)14(19)13-11-6-4-5-7-12(11)16(2)15-13/h3-7,18H,1,8-10H2,2H3. The van der Waals surface area contributed by atoms with E-state index in [-0.39, 0.29) is 19.1 Å². The number of amides is 1. The topological polar surface area (TPSA) is 58.4 Å². The molecule has 1 aromatic carbocycles. The molecule has 0 atom stereocenters. The molecular weight excluding hydrogens is 242 g/mol. The Kier molecular flexibility index (Phi) is 3.97. The Morgan fingerprint density at radius 3 is 2.95 bits per heavy atom. The van der Waals surface area contributed by atoms with Gasteiger partial charge in [0.25, 0.3) is 5.91 Å². The lowest BCUT2D eigenvalue weighted by Gasteiger charge is -2.18. The van der Waals surface area contributed by atoms with Gasteiger partial charge in [-0.1, -0.05) is 24.3 Å². The van der Waals surface area contributed by atoms with Crippen LogP contribution >= 0.6 is 0 Å². The van der Waals surface area contributed by atoms with E-state index in [4.69, 9.17) is 5.11 Å². The van der Waals surface area contributed by atoms with Crippen molar-refractivity contribution < 1.29 is 9.90 Å². The van der Waals surface area contributed by atoms with E-state index in [9.17, 15) is 4.79 Å². The lowest BCUT2D eigenvalue weighted by molar-refractivity contribution is 0.0738. The SMILES string of the molecule is C=CCN(CCO)C(=O)c1nn(C)c2ccccc12. The number of benzene rings is 1. The van der Waals surface area contributed by atoms with Crippen molar-refractivity contribution >= 4 is 16.8 Å². The van der Waals surface area contributed by atoms with Gasteiger partial charge < -0.3 is 10.0 Å². The minimum atomic E-state index is -0.189. The highest BCUT2D eigenvalue weighted by Gasteiger charge is 2.20. The Bertz CT molecular complexity index is 604. The summed E-state index contributed by atoms with van der Waals surface area (Å²) < 4.78 is 1.69. The van der Waals surface area contributed by atoms with Crippen LogP contribution in [0.2, 0.25) is 0 Å². The first-order valence-corrected chi connectivity index (χ1v) is 6.11. The lowest BCUT2D eigenvalue weighted by atomic mass is 10.2. The van der Waals surface area contributed by atoms with Gasteiger partial charge in [0.2, 0.25) is 0 Å². The molecule has 5 nitrogen and oxygen atoms in total. The molecule has 19 heavy (non-hydrogen) atoms. The molecule has 0 fully saturated rings. The smallest absolute Gasteiger partial charge is 0.275 e. The molecule has 1 heterocycles. The van der Waals surface area contributed by atoms with Crippen molar-refractivity contribution in [1.82, 2.24) is 14.7 Å². The molecule has 0 unspecified atom stereocenters. The second kappa shape index (κ2) is 5.67. The van der Waals surface area contributed by atoms with Crippen LogP contribution in [-0.4, -0.2) is 45.4 Å². The van der Waals surface area contributed by atoms with E-state index in [1.54, 1.807) is 10.8 Å². The molecule has 0 bridgehead atoms. The number of hydrogen-bond donors (Lipinski definition) is 1. The van der Waals surface area contributed by atoms with Crippen LogP contribution in [0.1, 0.15) is 10.5 Å². The van der Waals surface area contributed by atoms with Crippen molar-refractivity contribution in [3.05, 3.63) is 42.6 Å². The zero-order chi connectivity index (χ0) is 13.8. The first kappa shape index (κ1) is 13.3. The maximum atomic E-state index is 12.4. The van der Waals surface area contributed by atoms with Gasteiger partial charge in [0.15, 0.2) is 5.69 Å². The third-order valence-corrected chi connectivity index (χ3v) is 2.97. The molecule has 5 heteroatoms. The molecule has 0 saturated carbocycles. The fourth-order valence-electron chi connectivity index (χ4n) is 2.07. The van der Waals surface area contributed by atoms with Gasteiger partial charge in [-0.3, -0.25) is 9.48 Å². The Labute approximate surface area is 111 Å². The average Bonchev–Trinajstić information content (AvgIpc) is 2.76. The molecule has 0 radical (unpaired) electrons. The van der Waals surface area contributed by atoms with Crippen LogP contribution in [0, 0.1) is 0 Å². The molecule has 0 saturated heterocycles. The number of aliphatic hydroxyl groups excluding tert-OH is 1. The van der Waals surface area contributed by atoms with E-state index < -0.39 is 0 Å². The predicted molar refractivity (Wildman–Crippen MR) is 73.9 cm³/mol. The van der Waals surface area contributed by atoms with E-state index in [1.807, 2.05) is 31.3 Å². The molecule has 1 aromatic heterocycles. The highest BCUT2D eigenvalue weighted by atomic mass is 16.3. The van der Waals surface area contributed by atoms with Gasteiger partial charge in [0, 0.05) is 25.5 Å². The number of aryl methyl sites for hydroxylation is 1. The molecule has 100 valence electrons. The number of rotatable bonds is 5. The van der Waals surface area contributed by atoms with Gasteiger partial charge in [0.05, 0.1) is 12.1 Å². The average molecular weight is 259 g/mol. The van der Waals surface area contributed by atoms with E-state index >= 15 is 0 Å². The highest BCUT2D eigenvalue weighted by Crippen LogP contribution is 2.18. The van der Waals surface area contributed by atoms with Gasteiger partial charge >= 0.3 is 0 Å². The summed E-state index contributed by atoms with van der Waals surface area (Å²) in [4.78, 5) is 14.0. The minimum absolute atomic E-state index is 0.0790. The Morgan fingerprint density at radius 2 is 2.26 bits per heavy atom. The lowest BCUT2D eigenvalue weighted by Crippen LogP contribution is -2.34. The van der Waals surface area contributed by atoms with Crippen molar-refractivity contribution in [1.29, 1.82) is 0 Å². The zero-order valence-electron chi connectivity index (χ0n) is 10.9. The molecule has 1 amide bonds. The van der Waals surface area contributed by atoms with Gasteiger partial charge in [-0.15, -0.1) is 6.58 Å². The molecule has 0 aliphatic carbocycles. The van der Waals surface area contributed by atoms with Crippen LogP contribution in [0.3, 0.4) is 0 Å². The van der Waals surface area contributed by atoms with Crippen LogP contribution in [-0.2, 0) is 7.05 Å². The summed E-state index contributed by atoms with van der Waals surface area (Å²) in [6.45, 7) is 4.21. The quantitative estimate of drug-likeness (QED) is 0.821. The van der Waals surface area contributed by atoms with Crippen LogP contribution in [0.5, 0.6) is 0 Å². The number of hydrogen-bond acceptors (Lipinski definition) is 3. The number of aromatic nitrogens is 2. The third kappa shape index (κ3) is 2.51. The largest absolute Gasteiger partial charge is 0.395 e. The monoisotopic (exact) mass is 259 g/mol. The van der Waals surface area contributed by atoms with Gasteiger partial charge in [-0.05, 0) is 6.07 Å². The number of nitrogens with zero attached hydrogens (tertiary/aromatic N) is 3. The molecule has 0 aliphatic heterocycles.